The third-order valence-electron chi connectivity index (χ3n) is 3.63. The highest BCUT2D eigenvalue weighted by Gasteiger charge is 2.34. The molecule has 0 aromatic carbocycles. The van der Waals surface area contributed by atoms with Gasteiger partial charge in [0.25, 0.3) is 5.24 Å². The summed E-state index contributed by atoms with van der Waals surface area (Å²) in [5.74, 6) is -0.730. The number of carbonyl (C=O) groups is 4. The molecule has 0 aromatic rings. The Labute approximate surface area is 132 Å². The van der Waals surface area contributed by atoms with Gasteiger partial charge in [-0.3, -0.25) is 24.1 Å². The second kappa shape index (κ2) is 7.59. The van der Waals surface area contributed by atoms with E-state index < -0.39 is 0 Å². The van der Waals surface area contributed by atoms with Crippen molar-refractivity contribution in [2.75, 3.05) is 45.6 Å². The first kappa shape index (κ1) is 16.8. The molecule has 0 aromatic heterocycles. The fraction of sp³-hybridized carbons (Fsp3) is 0.692. The highest BCUT2D eigenvalue weighted by molar-refractivity contribution is 8.14. The van der Waals surface area contributed by atoms with Crippen LogP contribution in [0.1, 0.15) is 6.42 Å². The summed E-state index contributed by atoms with van der Waals surface area (Å²) in [5.41, 5.74) is 0. The summed E-state index contributed by atoms with van der Waals surface area (Å²) in [6.45, 7) is 1.68. The van der Waals surface area contributed by atoms with Crippen molar-refractivity contribution < 1.29 is 23.9 Å². The Kier molecular flexibility index (Phi) is 5.78. The minimum Gasteiger partial charge on any atom is -0.383 e. The molecule has 8 nitrogen and oxygen atoms in total. The number of methoxy groups -OCH3 is 1. The lowest BCUT2D eigenvalue weighted by Crippen LogP contribution is -2.40. The molecule has 4 amide bonds. The van der Waals surface area contributed by atoms with E-state index in [1.165, 1.54) is 0 Å². The van der Waals surface area contributed by atoms with Crippen LogP contribution in [0.25, 0.3) is 0 Å². The molecule has 0 bridgehead atoms. The SMILES string of the molecule is COCCN1CC(C(=O)NCCN2C(=O)CSC2=O)CC1=O. The first-order chi connectivity index (χ1) is 10.5. The van der Waals surface area contributed by atoms with Gasteiger partial charge in [0.2, 0.25) is 17.7 Å². The van der Waals surface area contributed by atoms with Gasteiger partial charge in [-0.05, 0) is 0 Å². The second-order valence-corrected chi connectivity index (χ2v) is 6.05. The molecule has 0 spiro atoms. The highest BCUT2D eigenvalue weighted by atomic mass is 32.2. The van der Waals surface area contributed by atoms with Crippen molar-refractivity contribution in [2.24, 2.45) is 5.92 Å². The molecule has 0 aliphatic carbocycles. The van der Waals surface area contributed by atoms with Gasteiger partial charge in [0.1, 0.15) is 0 Å². The van der Waals surface area contributed by atoms with Gasteiger partial charge in [0.05, 0.1) is 18.3 Å². The molecule has 22 heavy (non-hydrogen) atoms. The molecule has 122 valence electrons. The smallest absolute Gasteiger partial charge is 0.288 e. The van der Waals surface area contributed by atoms with Gasteiger partial charge in [-0.25, -0.2) is 0 Å². The fourth-order valence-corrected chi connectivity index (χ4v) is 3.15. The fourth-order valence-electron chi connectivity index (χ4n) is 2.40. The third kappa shape index (κ3) is 3.98. The summed E-state index contributed by atoms with van der Waals surface area (Å²) < 4.78 is 4.92. The molecule has 1 unspecified atom stereocenters. The maximum atomic E-state index is 12.0. The number of thioether (sulfide) groups is 1. The van der Waals surface area contributed by atoms with Gasteiger partial charge < -0.3 is 15.0 Å². The minimum absolute atomic E-state index is 0.0569. The zero-order chi connectivity index (χ0) is 16.1. The Morgan fingerprint density at radius 1 is 1.32 bits per heavy atom. The van der Waals surface area contributed by atoms with Crippen LogP contribution in [0.15, 0.2) is 0 Å². The average Bonchev–Trinajstić information content (AvgIpc) is 3.01. The van der Waals surface area contributed by atoms with Crippen LogP contribution in [0.2, 0.25) is 0 Å². The van der Waals surface area contributed by atoms with Crippen LogP contribution in [0.5, 0.6) is 0 Å². The Hall–Kier alpha value is -1.61. The topological polar surface area (TPSA) is 96.0 Å². The molecule has 0 radical (unpaired) electrons. The van der Waals surface area contributed by atoms with E-state index in [9.17, 15) is 19.2 Å². The predicted molar refractivity (Wildman–Crippen MR) is 79.1 cm³/mol. The lowest BCUT2D eigenvalue weighted by molar-refractivity contribution is -0.129. The Balaban J connectivity index is 1.73. The van der Waals surface area contributed by atoms with Crippen LogP contribution in [-0.2, 0) is 19.1 Å². The molecule has 2 saturated heterocycles. The lowest BCUT2D eigenvalue weighted by atomic mass is 10.1. The Bertz CT molecular complexity index is 468. The molecule has 9 heteroatoms. The van der Waals surface area contributed by atoms with Crippen molar-refractivity contribution in [3.05, 3.63) is 0 Å². The maximum absolute atomic E-state index is 12.0. The van der Waals surface area contributed by atoms with Crippen LogP contribution >= 0.6 is 11.8 Å². The largest absolute Gasteiger partial charge is 0.383 e. The van der Waals surface area contributed by atoms with Crippen LogP contribution in [0, 0.1) is 5.92 Å². The molecule has 2 aliphatic heterocycles. The first-order valence-corrected chi connectivity index (χ1v) is 8.03. The third-order valence-corrected chi connectivity index (χ3v) is 4.48. The zero-order valence-corrected chi connectivity index (χ0v) is 13.2. The van der Waals surface area contributed by atoms with Crippen molar-refractivity contribution in [1.82, 2.24) is 15.1 Å². The zero-order valence-electron chi connectivity index (χ0n) is 12.4. The van der Waals surface area contributed by atoms with E-state index in [1.807, 2.05) is 0 Å². The molecule has 2 rings (SSSR count). The predicted octanol–water partition coefficient (Wildman–Crippen LogP) is -0.707. The number of hydrogen-bond donors (Lipinski definition) is 1. The number of rotatable bonds is 7. The van der Waals surface area contributed by atoms with Crippen LogP contribution < -0.4 is 5.32 Å². The molecular formula is C13H19N3O5S. The summed E-state index contributed by atoms with van der Waals surface area (Å²) in [7, 11) is 1.56. The van der Waals surface area contributed by atoms with E-state index in [0.29, 0.717) is 19.7 Å². The Morgan fingerprint density at radius 2 is 2.09 bits per heavy atom. The quantitative estimate of drug-likeness (QED) is 0.663. The number of nitrogens with one attached hydrogen (secondary N) is 1. The molecule has 2 fully saturated rings. The van der Waals surface area contributed by atoms with E-state index in [2.05, 4.69) is 5.32 Å². The van der Waals surface area contributed by atoms with Crippen LogP contribution in [0.4, 0.5) is 4.79 Å². The minimum atomic E-state index is -0.385. The standard InChI is InChI=1S/C13H19N3O5S/c1-21-5-4-15-7-9(6-10(15)17)12(19)14-2-3-16-11(18)8-22-13(16)20/h9H,2-8H2,1H3,(H,14,19). The first-order valence-electron chi connectivity index (χ1n) is 7.04. The van der Waals surface area contributed by atoms with E-state index in [-0.39, 0.29) is 54.1 Å². The maximum Gasteiger partial charge on any atom is 0.288 e. The lowest BCUT2D eigenvalue weighted by Gasteiger charge is -2.16. The number of amides is 4. The number of nitrogens with zero attached hydrogens (tertiary/aromatic N) is 2. The monoisotopic (exact) mass is 329 g/mol. The van der Waals surface area contributed by atoms with Gasteiger partial charge in [-0.2, -0.15) is 0 Å². The molecule has 2 aliphatic rings. The summed E-state index contributed by atoms with van der Waals surface area (Å²) in [4.78, 5) is 49.3. The van der Waals surface area contributed by atoms with Gasteiger partial charge in [0, 0.05) is 39.7 Å². The second-order valence-electron chi connectivity index (χ2n) is 5.12. The number of carbonyl (C=O) groups excluding carboxylic acids is 4. The molecule has 1 N–H and O–H groups in total. The molecule has 2 heterocycles. The molecular weight excluding hydrogens is 310 g/mol. The number of imide groups is 1. The number of ether oxygens (including phenoxy) is 1. The van der Waals surface area contributed by atoms with Crippen LogP contribution in [0.3, 0.4) is 0 Å². The van der Waals surface area contributed by atoms with Crippen LogP contribution in [-0.4, -0.2) is 78.4 Å². The molecule has 1 atom stereocenters. The average molecular weight is 329 g/mol. The van der Waals surface area contributed by atoms with Crippen molar-refractivity contribution >= 4 is 34.7 Å². The normalized spacial score (nSPS) is 21.9. The van der Waals surface area contributed by atoms with Gasteiger partial charge in [-0.15, -0.1) is 0 Å². The summed E-state index contributed by atoms with van der Waals surface area (Å²) in [6, 6.07) is 0. The van der Waals surface area contributed by atoms with Gasteiger partial charge >= 0.3 is 0 Å². The van der Waals surface area contributed by atoms with E-state index in [1.54, 1.807) is 12.0 Å². The number of hydrogen-bond acceptors (Lipinski definition) is 6. The summed E-state index contributed by atoms with van der Waals surface area (Å²) >= 11 is 0.967. The van der Waals surface area contributed by atoms with E-state index >= 15 is 0 Å². The number of likely N-dealkylation sites (tertiary alicyclic amines) is 1. The van der Waals surface area contributed by atoms with E-state index in [0.717, 1.165) is 16.7 Å². The van der Waals surface area contributed by atoms with Crippen molar-refractivity contribution in [3.8, 4) is 0 Å². The highest BCUT2D eigenvalue weighted by Crippen LogP contribution is 2.19. The Morgan fingerprint density at radius 3 is 2.73 bits per heavy atom. The van der Waals surface area contributed by atoms with Crippen molar-refractivity contribution in [2.45, 2.75) is 6.42 Å². The molecule has 0 saturated carbocycles. The van der Waals surface area contributed by atoms with Gasteiger partial charge in [-0.1, -0.05) is 11.8 Å². The van der Waals surface area contributed by atoms with Gasteiger partial charge in [0.15, 0.2) is 0 Å². The van der Waals surface area contributed by atoms with Crippen molar-refractivity contribution in [3.63, 3.8) is 0 Å². The summed E-state index contributed by atoms with van der Waals surface area (Å²) in [6.07, 6.45) is 0.187. The van der Waals surface area contributed by atoms with E-state index in [4.69, 9.17) is 4.74 Å². The summed E-state index contributed by atoms with van der Waals surface area (Å²) in [5, 5.41) is 2.41. The van der Waals surface area contributed by atoms with Crippen molar-refractivity contribution in [1.29, 1.82) is 0 Å².